The van der Waals surface area contributed by atoms with Gasteiger partial charge in [-0.2, -0.15) is 0 Å². The van der Waals surface area contributed by atoms with Crippen molar-refractivity contribution in [1.29, 1.82) is 0 Å². The van der Waals surface area contributed by atoms with Crippen LogP contribution in [0.5, 0.6) is 0 Å². The van der Waals surface area contributed by atoms with E-state index in [2.05, 4.69) is 6.58 Å². The third-order valence-electron chi connectivity index (χ3n) is 4.10. The number of nitrogen functional groups attached to an aromatic ring is 1. The molecule has 0 amide bonds. The number of hydrogen-bond donors (Lipinski definition) is 1. The number of nitrogens with zero attached hydrogens (tertiary/aromatic N) is 1. The van der Waals surface area contributed by atoms with Crippen LogP contribution >= 0.6 is 0 Å². The summed E-state index contributed by atoms with van der Waals surface area (Å²) in [5.41, 5.74) is 7.20. The van der Waals surface area contributed by atoms with Crippen LogP contribution in [0.15, 0.2) is 65.5 Å². The molecule has 0 saturated carbocycles. The van der Waals surface area contributed by atoms with Crippen molar-refractivity contribution < 1.29 is 0 Å². The van der Waals surface area contributed by atoms with Gasteiger partial charge in [-0.3, -0.25) is 9.36 Å². The Morgan fingerprint density at radius 2 is 1.55 bits per heavy atom. The van der Waals surface area contributed by atoms with Crippen molar-refractivity contribution in [2.45, 2.75) is 0 Å². The van der Waals surface area contributed by atoms with Gasteiger partial charge in [-0.05, 0) is 23.6 Å². The number of pyridine rings is 1. The molecule has 0 aliphatic rings. The van der Waals surface area contributed by atoms with E-state index in [1.54, 1.807) is 10.6 Å². The minimum atomic E-state index is -0.0906. The average molecular weight is 286 g/mol. The molecular formula is C19H14N2O. The van der Waals surface area contributed by atoms with Gasteiger partial charge >= 0.3 is 0 Å². The predicted molar refractivity (Wildman–Crippen MR) is 92.2 cm³/mol. The lowest BCUT2D eigenvalue weighted by atomic mass is 10.0. The fraction of sp³-hybridized carbons (Fsp3) is 0. The van der Waals surface area contributed by atoms with E-state index in [-0.39, 0.29) is 5.56 Å². The molecule has 0 aliphatic carbocycles. The Bertz CT molecular complexity index is 1060. The lowest BCUT2D eigenvalue weighted by Crippen LogP contribution is -2.32. The first kappa shape index (κ1) is 12.7. The molecule has 0 aliphatic heterocycles. The van der Waals surface area contributed by atoms with Gasteiger partial charge in [-0.25, -0.2) is 0 Å². The SMILES string of the molecule is C=c1c2cccc3cccc(c(=O)n1-c1ccccc1N)c32. The molecule has 0 fully saturated rings. The third-order valence-corrected chi connectivity index (χ3v) is 4.10. The monoisotopic (exact) mass is 286 g/mol. The molecule has 0 saturated heterocycles. The standard InChI is InChI=1S/C19H14N2O/c1-12-14-8-4-6-13-7-5-9-15(18(13)14)19(22)21(12)17-11-3-2-10-16(17)20/h2-11H,1,20H2. The van der Waals surface area contributed by atoms with E-state index in [1.807, 2.05) is 54.6 Å². The maximum Gasteiger partial charge on any atom is 0.263 e. The minimum Gasteiger partial charge on any atom is -0.397 e. The van der Waals surface area contributed by atoms with E-state index in [9.17, 15) is 4.79 Å². The van der Waals surface area contributed by atoms with Crippen LogP contribution in [0.1, 0.15) is 0 Å². The van der Waals surface area contributed by atoms with Gasteiger partial charge in [-0.1, -0.05) is 49.0 Å². The first-order valence-corrected chi connectivity index (χ1v) is 7.08. The summed E-state index contributed by atoms with van der Waals surface area (Å²) in [4.78, 5) is 13.0. The Balaban J connectivity index is 2.30. The highest BCUT2D eigenvalue weighted by atomic mass is 16.1. The van der Waals surface area contributed by atoms with Crippen LogP contribution in [0, 0.1) is 0 Å². The second kappa shape index (κ2) is 4.46. The van der Waals surface area contributed by atoms with Gasteiger partial charge in [0.1, 0.15) is 0 Å². The van der Waals surface area contributed by atoms with Crippen LogP contribution < -0.4 is 16.6 Å². The predicted octanol–water partition coefficient (Wildman–Crippen LogP) is 2.86. The summed E-state index contributed by atoms with van der Waals surface area (Å²) < 4.78 is 1.60. The lowest BCUT2D eigenvalue weighted by molar-refractivity contribution is 0.983. The molecule has 0 radical (unpaired) electrons. The second-order valence-electron chi connectivity index (χ2n) is 5.36. The molecule has 2 N–H and O–H groups in total. The first-order valence-electron chi connectivity index (χ1n) is 7.08. The molecule has 1 heterocycles. The number of aromatic nitrogens is 1. The van der Waals surface area contributed by atoms with Crippen molar-refractivity contribution in [3.8, 4) is 5.69 Å². The normalized spacial score (nSPS) is 11.3. The Morgan fingerprint density at radius 3 is 2.27 bits per heavy atom. The molecule has 0 atom stereocenters. The van der Waals surface area contributed by atoms with Gasteiger partial charge in [0.2, 0.25) is 0 Å². The van der Waals surface area contributed by atoms with E-state index in [0.717, 1.165) is 16.2 Å². The molecule has 22 heavy (non-hydrogen) atoms. The Kier molecular flexibility index (Phi) is 2.57. The summed E-state index contributed by atoms with van der Waals surface area (Å²) in [5.74, 6) is 0. The van der Waals surface area contributed by atoms with Crippen LogP contribution in [0.25, 0.3) is 33.8 Å². The highest BCUT2D eigenvalue weighted by Gasteiger charge is 2.12. The topological polar surface area (TPSA) is 48.0 Å². The van der Waals surface area contributed by atoms with Crippen LogP contribution in [-0.2, 0) is 0 Å². The summed E-state index contributed by atoms with van der Waals surface area (Å²) in [5, 5.41) is 4.32. The zero-order chi connectivity index (χ0) is 15.3. The summed E-state index contributed by atoms with van der Waals surface area (Å²) >= 11 is 0. The maximum atomic E-state index is 13.0. The largest absolute Gasteiger partial charge is 0.397 e. The number of anilines is 1. The molecule has 3 nitrogen and oxygen atoms in total. The van der Waals surface area contributed by atoms with Gasteiger partial charge in [-0.15, -0.1) is 0 Å². The van der Waals surface area contributed by atoms with Crippen LogP contribution in [0.2, 0.25) is 0 Å². The molecule has 0 unspecified atom stereocenters. The highest BCUT2D eigenvalue weighted by molar-refractivity contribution is 6.09. The van der Waals surface area contributed by atoms with Crippen molar-refractivity contribution in [3.63, 3.8) is 0 Å². The molecule has 106 valence electrons. The zero-order valence-corrected chi connectivity index (χ0v) is 11.9. The second-order valence-corrected chi connectivity index (χ2v) is 5.36. The van der Waals surface area contributed by atoms with Crippen LogP contribution in [0.3, 0.4) is 0 Å². The number of nitrogens with two attached hydrogens (primary N) is 1. The molecule has 4 rings (SSSR count). The lowest BCUT2D eigenvalue weighted by Gasteiger charge is -2.14. The van der Waals surface area contributed by atoms with Crippen molar-refractivity contribution in [3.05, 3.63) is 76.4 Å². The van der Waals surface area contributed by atoms with Gasteiger partial charge in [0.25, 0.3) is 5.56 Å². The Hall–Kier alpha value is -3.07. The number of rotatable bonds is 1. The van der Waals surface area contributed by atoms with Crippen LogP contribution in [0.4, 0.5) is 5.69 Å². The van der Waals surface area contributed by atoms with Crippen molar-refractivity contribution in [2.24, 2.45) is 0 Å². The van der Waals surface area contributed by atoms with E-state index in [0.29, 0.717) is 22.1 Å². The van der Waals surface area contributed by atoms with E-state index >= 15 is 0 Å². The third kappa shape index (κ3) is 1.59. The van der Waals surface area contributed by atoms with E-state index < -0.39 is 0 Å². The molecule has 3 heteroatoms. The average Bonchev–Trinajstić information content (AvgIpc) is 2.54. The molecule has 4 aromatic rings. The van der Waals surface area contributed by atoms with Crippen LogP contribution in [-0.4, -0.2) is 4.57 Å². The van der Waals surface area contributed by atoms with Gasteiger partial charge < -0.3 is 5.73 Å². The van der Waals surface area contributed by atoms with Gasteiger partial charge in [0.05, 0.1) is 16.7 Å². The Morgan fingerprint density at radius 1 is 0.864 bits per heavy atom. The molecule has 0 bridgehead atoms. The van der Waals surface area contributed by atoms with E-state index in [1.165, 1.54) is 0 Å². The van der Waals surface area contributed by atoms with Crippen molar-refractivity contribution in [1.82, 2.24) is 4.57 Å². The number of para-hydroxylation sites is 2. The Labute approximate surface area is 126 Å². The first-order chi connectivity index (χ1) is 10.7. The smallest absolute Gasteiger partial charge is 0.263 e. The molecule has 1 aromatic heterocycles. The summed E-state index contributed by atoms with van der Waals surface area (Å²) in [6.07, 6.45) is 0. The summed E-state index contributed by atoms with van der Waals surface area (Å²) in [7, 11) is 0. The maximum absolute atomic E-state index is 13.0. The summed E-state index contributed by atoms with van der Waals surface area (Å²) in [6, 6.07) is 19.1. The highest BCUT2D eigenvalue weighted by Crippen LogP contribution is 2.23. The number of hydrogen-bond acceptors (Lipinski definition) is 2. The number of benzene rings is 3. The molecule has 0 spiro atoms. The molecule has 3 aromatic carbocycles. The minimum absolute atomic E-state index is 0.0906. The quantitative estimate of drug-likeness (QED) is 0.547. The van der Waals surface area contributed by atoms with Gasteiger partial charge in [0, 0.05) is 16.2 Å². The fourth-order valence-electron chi connectivity index (χ4n) is 3.07. The van der Waals surface area contributed by atoms with E-state index in [4.69, 9.17) is 5.73 Å². The van der Waals surface area contributed by atoms with Gasteiger partial charge in [0.15, 0.2) is 0 Å². The zero-order valence-electron chi connectivity index (χ0n) is 11.9. The van der Waals surface area contributed by atoms with Crippen molar-refractivity contribution >= 4 is 33.8 Å². The fourth-order valence-corrected chi connectivity index (χ4v) is 3.07. The molecular weight excluding hydrogens is 272 g/mol. The van der Waals surface area contributed by atoms with Crippen molar-refractivity contribution in [2.75, 3.05) is 5.73 Å². The summed E-state index contributed by atoms with van der Waals surface area (Å²) in [6.45, 7) is 4.14.